The van der Waals surface area contributed by atoms with Crippen LogP contribution in [0.4, 0.5) is 0 Å². The SMILES string of the molecule is CC(C)(C#N)CCN1CCNCC1. The van der Waals surface area contributed by atoms with E-state index < -0.39 is 0 Å². The summed E-state index contributed by atoms with van der Waals surface area (Å²) < 4.78 is 0. The summed E-state index contributed by atoms with van der Waals surface area (Å²) in [6, 6.07) is 2.34. The van der Waals surface area contributed by atoms with Gasteiger partial charge in [0.25, 0.3) is 0 Å². The van der Waals surface area contributed by atoms with E-state index in [9.17, 15) is 0 Å². The first kappa shape index (κ1) is 10.5. The van der Waals surface area contributed by atoms with Crippen molar-refractivity contribution in [1.82, 2.24) is 10.2 Å². The van der Waals surface area contributed by atoms with E-state index in [1.54, 1.807) is 0 Å². The van der Waals surface area contributed by atoms with E-state index in [0.29, 0.717) is 0 Å². The second kappa shape index (κ2) is 4.59. The minimum atomic E-state index is -0.162. The van der Waals surface area contributed by atoms with E-state index in [-0.39, 0.29) is 5.41 Å². The Bertz CT molecular complexity index is 187. The fraction of sp³-hybridized carbons (Fsp3) is 0.900. The molecule has 0 aromatic carbocycles. The van der Waals surface area contributed by atoms with Gasteiger partial charge in [-0.05, 0) is 26.8 Å². The van der Waals surface area contributed by atoms with Crippen LogP contribution in [0, 0.1) is 16.7 Å². The normalized spacial score (nSPS) is 19.8. The van der Waals surface area contributed by atoms with Crippen LogP contribution < -0.4 is 5.32 Å². The second-order valence-corrected chi connectivity index (χ2v) is 4.34. The second-order valence-electron chi connectivity index (χ2n) is 4.34. The third-order valence-corrected chi connectivity index (χ3v) is 2.57. The van der Waals surface area contributed by atoms with Crippen molar-refractivity contribution in [3.05, 3.63) is 0 Å². The van der Waals surface area contributed by atoms with Gasteiger partial charge >= 0.3 is 0 Å². The molecule has 0 unspecified atom stereocenters. The quantitative estimate of drug-likeness (QED) is 0.701. The van der Waals surface area contributed by atoms with Gasteiger partial charge in [0.15, 0.2) is 0 Å². The summed E-state index contributed by atoms with van der Waals surface area (Å²) in [5, 5.41) is 12.2. The average Bonchev–Trinajstić information content (AvgIpc) is 2.17. The van der Waals surface area contributed by atoms with Crippen molar-refractivity contribution in [2.75, 3.05) is 32.7 Å². The summed E-state index contributed by atoms with van der Waals surface area (Å²) in [6.45, 7) is 9.51. The lowest BCUT2D eigenvalue weighted by Gasteiger charge is -2.29. The number of nitrogens with one attached hydrogen (secondary N) is 1. The molecule has 0 saturated carbocycles. The van der Waals surface area contributed by atoms with Crippen molar-refractivity contribution in [3.63, 3.8) is 0 Å². The molecule has 0 aromatic heterocycles. The molecule has 0 aromatic rings. The van der Waals surface area contributed by atoms with Crippen molar-refractivity contribution < 1.29 is 0 Å². The van der Waals surface area contributed by atoms with Gasteiger partial charge in [0, 0.05) is 26.2 Å². The van der Waals surface area contributed by atoms with Crippen molar-refractivity contribution in [2.45, 2.75) is 20.3 Å². The largest absolute Gasteiger partial charge is 0.314 e. The maximum atomic E-state index is 8.84. The molecule has 3 nitrogen and oxygen atoms in total. The molecular weight excluding hydrogens is 162 g/mol. The van der Waals surface area contributed by atoms with Gasteiger partial charge in [-0.3, -0.25) is 0 Å². The molecule has 13 heavy (non-hydrogen) atoms. The van der Waals surface area contributed by atoms with Crippen molar-refractivity contribution in [1.29, 1.82) is 5.26 Å². The molecule has 0 amide bonds. The standard InChI is InChI=1S/C10H19N3/c1-10(2,9-11)3-6-13-7-4-12-5-8-13/h12H,3-8H2,1-2H3. The molecule has 1 heterocycles. The molecule has 0 bridgehead atoms. The van der Waals surface area contributed by atoms with E-state index >= 15 is 0 Å². The minimum Gasteiger partial charge on any atom is -0.314 e. The summed E-state index contributed by atoms with van der Waals surface area (Å²) in [7, 11) is 0. The van der Waals surface area contributed by atoms with Crippen molar-refractivity contribution in [2.24, 2.45) is 5.41 Å². The number of piperazine rings is 1. The molecule has 0 atom stereocenters. The fourth-order valence-corrected chi connectivity index (χ4v) is 1.43. The Morgan fingerprint density at radius 3 is 2.54 bits per heavy atom. The molecule has 1 N–H and O–H groups in total. The van der Waals surface area contributed by atoms with Crippen LogP contribution in [0.25, 0.3) is 0 Å². The van der Waals surface area contributed by atoms with Crippen molar-refractivity contribution in [3.8, 4) is 6.07 Å². The van der Waals surface area contributed by atoms with E-state index in [1.165, 1.54) is 0 Å². The monoisotopic (exact) mass is 181 g/mol. The Balaban J connectivity index is 2.22. The molecule has 74 valence electrons. The highest BCUT2D eigenvalue weighted by atomic mass is 15.2. The lowest BCUT2D eigenvalue weighted by molar-refractivity contribution is 0.217. The molecule has 3 heteroatoms. The molecule has 1 aliphatic rings. The van der Waals surface area contributed by atoms with E-state index in [2.05, 4.69) is 16.3 Å². The van der Waals surface area contributed by atoms with Gasteiger partial charge in [-0.25, -0.2) is 0 Å². The van der Waals surface area contributed by atoms with Crippen molar-refractivity contribution >= 4 is 0 Å². The molecule has 0 aliphatic carbocycles. The predicted molar refractivity (Wildman–Crippen MR) is 53.3 cm³/mol. The van der Waals surface area contributed by atoms with Crippen LogP contribution in [-0.4, -0.2) is 37.6 Å². The number of nitrogens with zero attached hydrogens (tertiary/aromatic N) is 2. The zero-order valence-electron chi connectivity index (χ0n) is 8.64. The van der Waals surface area contributed by atoms with Gasteiger partial charge in [-0.2, -0.15) is 5.26 Å². The highest BCUT2D eigenvalue weighted by molar-refractivity contribution is 4.92. The first-order chi connectivity index (χ1) is 6.14. The topological polar surface area (TPSA) is 39.1 Å². The van der Waals surface area contributed by atoms with Gasteiger partial charge in [0.05, 0.1) is 11.5 Å². The molecule has 0 radical (unpaired) electrons. The number of rotatable bonds is 3. The Morgan fingerprint density at radius 1 is 1.38 bits per heavy atom. The highest BCUT2D eigenvalue weighted by Gasteiger charge is 2.18. The van der Waals surface area contributed by atoms with Crippen LogP contribution in [0.3, 0.4) is 0 Å². The maximum Gasteiger partial charge on any atom is 0.0684 e. The van der Waals surface area contributed by atoms with Gasteiger partial charge < -0.3 is 10.2 Å². The first-order valence-corrected chi connectivity index (χ1v) is 4.98. The van der Waals surface area contributed by atoms with Crippen LogP contribution in [-0.2, 0) is 0 Å². The van der Waals surface area contributed by atoms with E-state index in [0.717, 1.165) is 39.1 Å². The Hall–Kier alpha value is -0.590. The van der Waals surface area contributed by atoms with E-state index in [4.69, 9.17) is 5.26 Å². The number of nitriles is 1. The Labute approximate surface area is 80.7 Å². The summed E-state index contributed by atoms with van der Waals surface area (Å²) >= 11 is 0. The van der Waals surface area contributed by atoms with Crippen LogP contribution in [0.2, 0.25) is 0 Å². The Kier molecular flexibility index (Phi) is 3.71. The predicted octanol–water partition coefficient (Wildman–Crippen LogP) is 0.831. The van der Waals surface area contributed by atoms with Crippen LogP contribution in [0.1, 0.15) is 20.3 Å². The smallest absolute Gasteiger partial charge is 0.0684 e. The van der Waals surface area contributed by atoms with Gasteiger partial charge in [0.2, 0.25) is 0 Å². The summed E-state index contributed by atoms with van der Waals surface area (Å²) in [6.07, 6.45) is 0.976. The summed E-state index contributed by atoms with van der Waals surface area (Å²) in [4.78, 5) is 2.43. The zero-order chi connectivity index (χ0) is 9.73. The lowest BCUT2D eigenvalue weighted by Crippen LogP contribution is -2.44. The van der Waals surface area contributed by atoms with Gasteiger partial charge in [-0.1, -0.05) is 0 Å². The molecule has 1 fully saturated rings. The first-order valence-electron chi connectivity index (χ1n) is 4.98. The Morgan fingerprint density at radius 2 is 2.00 bits per heavy atom. The zero-order valence-corrected chi connectivity index (χ0v) is 8.64. The third kappa shape index (κ3) is 3.75. The van der Waals surface area contributed by atoms with Gasteiger partial charge in [-0.15, -0.1) is 0 Å². The van der Waals surface area contributed by atoms with Crippen LogP contribution in [0.5, 0.6) is 0 Å². The third-order valence-electron chi connectivity index (χ3n) is 2.57. The molecule has 1 rings (SSSR count). The number of hydrogen-bond acceptors (Lipinski definition) is 3. The fourth-order valence-electron chi connectivity index (χ4n) is 1.43. The summed E-state index contributed by atoms with van der Waals surface area (Å²) in [5.41, 5.74) is -0.162. The van der Waals surface area contributed by atoms with E-state index in [1.807, 2.05) is 13.8 Å². The minimum absolute atomic E-state index is 0.162. The molecule has 1 aliphatic heterocycles. The summed E-state index contributed by atoms with van der Waals surface area (Å²) in [5.74, 6) is 0. The number of hydrogen-bond donors (Lipinski definition) is 1. The molecule has 0 spiro atoms. The molecular formula is C10H19N3. The average molecular weight is 181 g/mol. The van der Waals surface area contributed by atoms with Crippen LogP contribution >= 0.6 is 0 Å². The lowest BCUT2D eigenvalue weighted by atomic mass is 9.91. The van der Waals surface area contributed by atoms with Crippen LogP contribution in [0.15, 0.2) is 0 Å². The highest BCUT2D eigenvalue weighted by Crippen LogP contribution is 2.18. The maximum absolute atomic E-state index is 8.84. The van der Waals surface area contributed by atoms with Gasteiger partial charge in [0.1, 0.15) is 0 Å². The molecule has 1 saturated heterocycles.